The molecule has 0 saturated carbocycles. The lowest BCUT2D eigenvalue weighted by Gasteiger charge is -2.16. The molecular formula is C17H18O3. The monoisotopic (exact) mass is 270 g/mol. The summed E-state index contributed by atoms with van der Waals surface area (Å²) >= 11 is 0. The zero-order valence-electron chi connectivity index (χ0n) is 12.2. The average Bonchev–Trinajstić information content (AvgIpc) is 2.38. The molecule has 0 heterocycles. The van der Waals surface area contributed by atoms with Crippen molar-refractivity contribution in [3.8, 4) is 16.9 Å². The first-order valence-electron chi connectivity index (χ1n) is 6.44. The Morgan fingerprint density at radius 3 is 2.35 bits per heavy atom. The third-order valence-corrected chi connectivity index (χ3v) is 3.39. The minimum atomic E-state index is -0.400. The maximum absolute atomic E-state index is 11.9. The SMILES string of the molecule is COC(=O)c1cccc(C)c1-c1c(C)cc(C)cc1O. The zero-order chi connectivity index (χ0) is 14.9. The van der Waals surface area contributed by atoms with Crippen LogP contribution in [-0.4, -0.2) is 18.2 Å². The summed E-state index contributed by atoms with van der Waals surface area (Å²) in [4.78, 5) is 11.9. The van der Waals surface area contributed by atoms with E-state index in [1.807, 2.05) is 39.0 Å². The molecule has 1 N–H and O–H groups in total. The van der Waals surface area contributed by atoms with Crippen molar-refractivity contribution in [3.63, 3.8) is 0 Å². The van der Waals surface area contributed by atoms with Crippen LogP contribution < -0.4 is 0 Å². The Kier molecular flexibility index (Phi) is 3.79. The lowest BCUT2D eigenvalue weighted by atomic mass is 9.90. The first-order valence-corrected chi connectivity index (χ1v) is 6.44. The number of methoxy groups -OCH3 is 1. The van der Waals surface area contributed by atoms with Crippen LogP contribution in [-0.2, 0) is 4.74 Å². The minimum Gasteiger partial charge on any atom is -0.507 e. The van der Waals surface area contributed by atoms with Gasteiger partial charge >= 0.3 is 5.97 Å². The highest BCUT2D eigenvalue weighted by molar-refractivity contribution is 5.99. The van der Waals surface area contributed by atoms with E-state index in [1.54, 1.807) is 12.1 Å². The quantitative estimate of drug-likeness (QED) is 0.845. The number of phenolic OH excluding ortho intramolecular Hbond substituents is 1. The van der Waals surface area contributed by atoms with Gasteiger partial charge in [-0.2, -0.15) is 0 Å². The van der Waals surface area contributed by atoms with E-state index in [0.29, 0.717) is 11.1 Å². The smallest absolute Gasteiger partial charge is 0.338 e. The number of benzene rings is 2. The van der Waals surface area contributed by atoms with Crippen LogP contribution in [0.25, 0.3) is 11.1 Å². The summed E-state index contributed by atoms with van der Waals surface area (Å²) in [6, 6.07) is 9.14. The van der Waals surface area contributed by atoms with E-state index in [1.165, 1.54) is 7.11 Å². The fraction of sp³-hybridized carbons (Fsp3) is 0.235. The van der Waals surface area contributed by atoms with Crippen molar-refractivity contribution in [2.45, 2.75) is 20.8 Å². The van der Waals surface area contributed by atoms with Crippen molar-refractivity contribution < 1.29 is 14.6 Å². The van der Waals surface area contributed by atoms with Crippen LogP contribution >= 0.6 is 0 Å². The maximum Gasteiger partial charge on any atom is 0.338 e. The summed E-state index contributed by atoms with van der Waals surface area (Å²) in [5.74, 6) is -0.218. The van der Waals surface area contributed by atoms with Gasteiger partial charge in [-0.15, -0.1) is 0 Å². The second kappa shape index (κ2) is 5.37. The molecule has 0 bridgehead atoms. The molecule has 0 saturated heterocycles. The molecule has 2 rings (SSSR count). The van der Waals surface area contributed by atoms with Gasteiger partial charge in [-0.25, -0.2) is 4.79 Å². The Morgan fingerprint density at radius 2 is 1.75 bits per heavy atom. The van der Waals surface area contributed by atoms with Crippen molar-refractivity contribution in [2.24, 2.45) is 0 Å². The second-order valence-electron chi connectivity index (χ2n) is 4.96. The molecule has 0 unspecified atom stereocenters. The predicted octanol–water partition coefficient (Wildman–Crippen LogP) is 3.77. The molecule has 0 spiro atoms. The summed E-state index contributed by atoms with van der Waals surface area (Å²) in [5.41, 5.74) is 4.73. The van der Waals surface area contributed by atoms with Gasteiger partial charge < -0.3 is 9.84 Å². The standard InChI is InChI=1S/C17H18O3/c1-10-8-12(3)16(14(18)9-10)15-11(2)6-5-7-13(15)17(19)20-4/h5-9,18H,1-4H3. The molecule has 2 aromatic carbocycles. The molecule has 3 heteroatoms. The van der Waals surface area contributed by atoms with Crippen molar-refractivity contribution in [1.29, 1.82) is 0 Å². The first-order chi connectivity index (χ1) is 9.45. The molecule has 0 aliphatic heterocycles. The molecule has 0 aliphatic rings. The van der Waals surface area contributed by atoms with Crippen LogP contribution in [0.15, 0.2) is 30.3 Å². The lowest BCUT2D eigenvalue weighted by Crippen LogP contribution is -2.05. The third-order valence-electron chi connectivity index (χ3n) is 3.39. The molecular weight excluding hydrogens is 252 g/mol. The first kappa shape index (κ1) is 14.1. The number of carbonyl (C=O) groups is 1. The van der Waals surface area contributed by atoms with Gasteiger partial charge in [0, 0.05) is 11.1 Å². The number of aromatic hydroxyl groups is 1. The van der Waals surface area contributed by atoms with Crippen molar-refractivity contribution in [2.75, 3.05) is 7.11 Å². The number of rotatable bonds is 2. The predicted molar refractivity (Wildman–Crippen MR) is 79.1 cm³/mol. The van der Waals surface area contributed by atoms with Crippen molar-refractivity contribution >= 4 is 5.97 Å². The molecule has 0 atom stereocenters. The van der Waals surface area contributed by atoms with E-state index >= 15 is 0 Å². The van der Waals surface area contributed by atoms with Crippen molar-refractivity contribution in [1.82, 2.24) is 0 Å². The Balaban J connectivity index is 2.79. The summed E-state index contributed by atoms with van der Waals surface area (Å²) in [7, 11) is 1.36. The summed E-state index contributed by atoms with van der Waals surface area (Å²) in [6.45, 7) is 5.77. The molecule has 0 aliphatic carbocycles. The largest absolute Gasteiger partial charge is 0.507 e. The van der Waals surface area contributed by atoms with Crippen LogP contribution in [0, 0.1) is 20.8 Å². The van der Waals surface area contributed by atoms with E-state index in [0.717, 1.165) is 22.3 Å². The molecule has 0 radical (unpaired) electrons. The maximum atomic E-state index is 11.9. The fourth-order valence-electron chi connectivity index (χ4n) is 2.55. The molecule has 0 aromatic heterocycles. The van der Waals surface area contributed by atoms with Crippen LogP contribution in [0.4, 0.5) is 0 Å². The van der Waals surface area contributed by atoms with Gasteiger partial charge in [0.25, 0.3) is 0 Å². The van der Waals surface area contributed by atoms with Gasteiger partial charge in [0.05, 0.1) is 12.7 Å². The van der Waals surface area contributed by atoms with Crippen molar-refractivity contribution in [3.05, 3.63) is 52.6 Å². The van der Waals surface area contributed by atoms with Gasteiger partial charge in [0.15, 0.2) is 0 Å². The topological polar surface area (TPSA) is 46.5 Å². The Bertz CT molecular complexity index is 649. The highest BCUT2D eigenvalue weighted by Gasteiger charge is 2.19. The van der Waals surface area contributed by atoms with E-state index in [9.17, 15) is 9.90 Å². The van der Waals surface area contributed by atoms with Crippen LogP contribution in [0.2, 0.25) is 0 Å². The molecule has 3 nitrogen and oxygen atoms in total. The third kappa shape index (κ3) is 2.39. The lowest BCUT2D eigenvalue weighted by molar-refractivity contribution is 0.0601. The van der Waals surface area contributed by atoms with Gasteiger partial charge in [0.1, 0.15) is 5.75 Å². The van der Waals surface area contributed by atoms with E-state index in [-0.39, 0.29) is 5.75 Å². The average molecular weight is 270 g/mol. The molecule has 2 aromatic rings. The summed E-state index contributed by atoms with van der Waals surface area (Å²) in [5, 5.41) is 10.3. The number of esters is 1. The Hall–Kier alpha value is -2.29. The second-order valence-corrected chi connectivity index (χ2v) is 4.96. The Morgan fingerprint density at radius 1 is 1.05 bits per heavy atom. The number of carbonyl (C=O) groups excluding carboxylic acids is 1. The van der Waals surface area contributed by atoms with Gasteiger partial charge in [-0.1, -0.05) is 18.2 Å². The van der Waals surface area contributed by atoms with Crippen LogP contribution in [0.1, 0.15) is 27.0 Å². The Labute approximate surface area is 118 Å². The van der Waals surface area contributed by atoms with E-state index in [4.69, 9.17) is 4.74 Å². The normalized spacial score (nSPS) is 10.4. The van der Waals surface area contributed by atoms with Crippen LogP contribution in [0.5, 0.6) is 5.75 Å². The summed E-state index contributed by atoms with van der Waals surface area (Å²) < 4.78 is 4.84. The molecule has 0 amide bonds. The van der Waals surface area contributed by atoms with E-state index in [2.05, 4.69) is 0 Å². The number of ether oxygens (including phenoxy) is 1. The number of hydrogen-bond acceptors (Lipinski definition) is 3. The van der Waals surface area contributed by atoms with Gasteiger partial charge in [-0.3, -0.25) is 0 Å². The number of hydrogen-bond donors (Lipinski definition) is 1. The highest BCUT2D eigenvalue weighted by atomic mass is 16.5. The number of aryl methyl sites for hydroxylation is 3. The van der Waals surface area contributed by atoms with Gasteiger partial charge in [0.2, 0.25) is 0 Å². The molecule has 104 valence electrons. The fourth-order valence-corrected chi connectivity index (χ4v) is 2.55. The molecule has 20 heavy (non-hydrogen) atoms. The van der Waals surface area contributed by atoms with Gasteiger partial charge in [-0.05, 0) is 49.6 Å². The number of phenols is 1. The molecule has 0 fully saturated rings. The van der Waals surface area contributed by atoms with E-state index < -0.39 is 5.97 Å². The minimum absolute atomic E-state index is 0.182. The summed E-state index contributed by atoms with van der Waals surface area (Å²) in [6.07, 6.45) is 0. The highest BCUT2D eigenvalue weighted by Crippen LogP contribution is 2.37. The van der Waals surface area contributed by atoms with Crippen LogP contribution in [0.3, 0.4) is 0 Å². The zero-order valence-corrected chi connectivity index (χ0v) is 12.2.